The molecule has 1 amide bonds. The van der Waals surface area contributed by atoms with Crippen LogP contribution in [0.15, 0.2) is 29.4 Å². The molecule has 9 heteroatoms. The van der Waals surface area contributed by atoms with Crippen LogP contribution in [0.3, 0.4) is 0 Å². The molecule has 0 spiro atoms. The van der Waals surface area contributed by atoms with E-state index in [0.717, 1.165) is 0 Å². The first-order valence-electron chi connectivity index (χ1n) is 8.17. The molecule has 0 aliphatic carbocycles. The number of aromatic nitrogens is 1. The standard InChI is InChI=1S/C16H23N3O5S/c1-11(2)14(16(21)22)18-15(20)12-5-8-19(9-6-12)25(23,24)13-4-3-7-17-10-13/h3-4,7,10-12,14H,5-6,8-9H2,1-2H3,(H,18,20)(H,21,22)/t14-/m0/s1. The third kappa shape index (κ3) is 4.55. The number of aliphatic carboxylic acids is 1. The molecule has 25 heavy (non-hydrogen) atoms. The van der Waals surface area contributed by atoms with E-state index in [1.807, 2.05) is 0 Å². The maximum absolute atomic E-state index is 12.5. The van der Waals surface area contributed by atoms with Crippen LogP contribution in [0.5, 0.6) is 0 Å². The molecule has 0 aromatic carbocycles. The Hall–Kier alpha value is -2.00. The molecule has 138 valence electrons. The highest BCUT2D eigenvalue weighted by Gasteiger charge is 2.34. The van der Waals surface area contributed by atoms with Crippen molar-refractivity contribution in [3.05, 3.63) is 24.5 Å². The van der Waals surface area contributed by atoms with Crippen molar-refractivity contribution in [3.8, 4) is 0 Å². The van der Waals surface area contributed by atoms with Crippen LogP contribution >= 0.6 is 0 Å². The Morgan fingerprint density at radius 2 is 1.96 bits per heavy atom. The molecule has 1 aromatic heterocycles. The summed E-state index contributed by atoms with van der Waals surface area (Å²) in [5.74, 6) is -2.02. The number of hydrogen-bond donors (Lipinski definition) is 2. The van der Waals surface area contributed by atoms with Gasteiger partial charge in [0.05, 0.1) is 0 Å². The van der Waals surface area contributed by atoms with E-state index in [0.29, 0.717) is 12.8 Å². The van der Waals surface area contributed by atoms with Crippen LogP contribution in [-0.2, 0) is 19.6 Å². The number of pyridine rings is 1. The van der Waals surface area contributed by atoms with E-state index in [2.05, 4.69) is 10.3 Å². The van der Waals surface area contributed by atoms with Gasteiger partial charge in [0.15, 0.2) is 0 Å². The Kier molecular flexibility index (Phi) is 6.12. The quantitative estimate of drug-likeness (QED) is 0.763. The third-order valence-electron chi connectivity index (χ3n) is 4.33. The summed E-state index contributed by atoms with van der Waals surface area (Å²) in [5.41, 5.74) is 0. The number of hydrogen-bond acceptors (Lipinski definition) is 5. The minimum absolute atomic E-state index is 0.128. The molecule has 2 N–H and O–H groups in total. The zero-order valence-electron chi connectivity index (χ0n) is 14.3. The molecule has 1 aromatic rings. The molecule has 2 rings (SSSR count). The van der Waals surface area contributed by atoms with Gasteiger partial charge in [0, 0.05) is 31.4 Å². The lowest BCUT2D eigenvalue weighted by Gasteiger charge is -2.31. The SMILES string of the molecule is CC(C)[C@H](NC(=O)C1CCN(S(=O)(=O)c2cccnc2)CC1)C(=O)O. The summed E-state index contributed by atoms with van der Waals surface area (Å²) in [6.45, 7) is 3.88. The fraction of sp³-hybridized carbons (Fsp3) is 0.562. The van der Waals surface area contributed by atoms with Gasteiger partial charge >= 0.3 is 5.97 Å². The average Bonchev–Trinajstić information content (AvgIpc) is 2.59. The first-order chi connectivity index (χ1) is 11.7. The highest BCUT2D eigenvalue weighted by atomic mass is 32.2. The Bertz CT molecular complexity index is 713. The zero-order chi connectivity index (χ0) is 18.6. The number of carboxylic acids is 1. The third-order valence-corrected chi connectivity index (χ3v) is 6.21. The molecule has 1 aliphatic rings. The fourth-order valence-corrected chi connectivity index (χ4v) is 4.23. The molecule has 1 fully saturated rings. The van der Waals surface area contributed by atoms with Crippen molar-refractivity contribution >= 4 is 21.9 Å². The molecular weight excluding hydrogens is 346 g/mol. The van der Waals surface area contributed by atoms with Gasteiger partial charge in [-0.3, -0.25) is 9.78 Å². The van der Waals surface area contributed by atoms with Crippen molar-refractivity contribution in [1.82, 2.24) is 14.6 Å². The smallest absolute Gasteiger partial charge is 0.326 e. The first-order valence-corrected chi connectivity index (χ1v) is 9.61. The molecule has 8 nitrogen and oxygen atoms in total. The van der Waals surface area contributed by atoms with Gasteiger partial charge in [0.1, 0.15) is 10.9 Å². The molecular formula is C16H23N3O5S. The topological polar surface area (TPSA) is 117 Å². The number of carbonyl (C=O) groups excluding carboxylic acids is 1. The van der Waals surface area contributed by atoms with Crippen LogP contribution in [0, 0.1) is 11.8 Å². The van der Waals surface area contributed by atoms with Crippen molar-refractivity contribution in [3.63, 3.8) is 0 Å². The van der Waals surface area contributed by atoms with Gasteiger partial charge in [-0.2, -0.15) is 4.31 Å². The number of nitrogens with one attached hydrogen (secondary N) is 1. The number of rotatable bonds is 6. The Balaban J connectivity index is 1.97. The lowest BCUT2D eigenvalue weighted by atomic mass is 9.95. The number of carboxylic acid groups (broad SMARTS) is 1. The van der Waals surface area contributed by atoms with E-state index in [1.54, 1.807) is 19.9 Å². The largest absolute Gasteiger partial charge is 0.480 e. The zero-order valence-corrected chi connectivity index (χ0v) is 15.1. The monoisotopic (exact) mass is 369 g/mol. The normalized spacial score (nSPS) is 18.0. The van der Waals surface area contributed by atoms with Gasteiger partial charge in [0.2, 0.25) is 15.9 Å². The van der Waals surface area contributed by atoms with Crippen LogP contribution in [0.2, 0.25) is 0 Å². The van der Waals surface area contributed by atoms with Crippen LogP contribution in [0.4, 0.5) is 0 Å². The second kappa shape index (κ2) is 7.92. The van der Waals surface area contributed by atoms with Gasteiger partial charge in [0.25, 0.3) is 0 Å². The molecule has 1 aliphatic heterocycles. The Labute approximate surface area is 147 Å². The minimum Gasteiger partial charge on any atom is -0.480 e. The molecule has 1 saturated heterocycles. The van der Waals surface area contributed by atoms with Gasteiger partial charge < -0.3 is 10.4 Å². The van der Waals surface area contributed by atoms with Crippen LogP contribution in [0.25, 0.3) is 0 Å². The van der Waals surface area contributed by atoms with E-state index in [9.17, 15) is 18.0 Å². The summed E-state index contributed by atoms with van der Waals surface area (Å²) in [6.07, 6.45) is 3.52. The van der Waals surface area contributed by atoms with E-state index in [1.165, 1.54) is 22.8 Å². The van der Waals surface area contributed by atoms with E-state index < -0.39 is 22.0 Å². The van der Waals surface area contributed by atoms with Crippen molar-refractivity contribution in [2.24, 2.45) is 11.8 Å². The summed E-state index contributed by atoms with van der Waals surface area (Å²) in [5, 5.41) is 11.7. The van der Waals surface area contributed by atoms with Crippen molar-refractivity contribution in [2.45, 2.75) is 37.6 Å². The number of piperidine rings is 1. The summed E-state index contributed by atoms with van der Waals surface area (Å²) in [7, 11) is -3.62. The molecule has 1 atom stereocenters. The lowest BCUT2D eigenvalue weighted by Crippen LogP contribution is -2.49. The summed E-state index contributed by atoms with van der Waals surface area (Å²) in [6, 6.07) is 2.11. The molecule has 0 unspecified atom stereocenters. The minimum atomic E-state index is -3.62. The van der Waals surface area contributed by atoms with E-state index in [-0.39, 0.29) is 35.7 Å². The van der Waals surface area contributed by atoms with E-state index >= 15 is 0 Å². The number of carbonyl (C=O) groups is 2. The van der Waals surface area contributed by atoms with Crippen LogP contribution in [0.1, 0.15) is 26.7 Å². The number of amides is 1. The van der Waals surface area contributed by atoms with Crippen molar-refractivity contribution in [1.29, 1.82) is 0 Å². The summed E-state index contributed by atoms with van der Waals surface area (Å²) >= 11 is 0. The highest BCUT2D eigenvalue weighted by Crippen LogP contribution is 2.23. The van der Waals surface area contributed by atoms with Gasteiger partial charge in [-0.1, -0.05) is 13.8 Å². The van der Waals surface area contributed by atoms with Gasteiger partial charge in [-0.05, 0) is 30.9 Å². The molecule has 0 radical (unpaired) electrons. The summed E-state index contributed by atoms with van der Waals surface area (Å²) in [4.78, 5) is 27.4. The van der Waals surface area contributed by atoms with Crippen molar-refractivity contribution < 1.29 is 23.1 Å². The predicted molar refractivity (Wildman–Crippen MR) is 90.1 cm³/mol. The second-order valence-electron chi connectivity index (χ2n) is 6.44. The molecule has 2 heterocycles. The second-order valence-corrected chi connectivity index (χ2v) is 8.37. The summed E-state index contributed by atoms with van der Waals surface area (Å²) < 4.78 is 26.4. The van der Waals surface area contributed by atoms with E-state index in [4.69, 9.17) is 5.11 Å². The maximum Gasteiger partial charge on any atom is 0.326 e. The maximum atomic E-state index is 12.5. The van der Waals surface area contributed by atoms with Crippen LogP contribution < -0.4 is 5.32 Å². The highest BCUT2D eigenvalue weighted by molar-refractivity contribution is 7.89. The Morgan fingerprint density at radius 1 is 1.32 bits per heavy atom. The Morgan fingerprint density at radius 3 is 2.44 bits per heavy atom. The number of nitrogens with zero attached hydrogens (tertiary/aromatic N) is 2. The van der Waals surface area contributed by atoms with Crippen LogP contribution in [-0.4, -0.2) is 53.8 Å². The molecule has 0 saturated carbocycles. The van der Waals surface area contributed by atoms with Gasteiger partial charge in [-0.15, -0.1) is 0 Å². The average molecular weight is 369 g/mol. The fourth-order valence-electron chi connectivity index (χ4n) is 2.79. The lowest BCUT2D eigenvalue weighted by molar-refractivity contribution is -0.144. The van der Waals surface area contributed by atoms with Gasteiger partial charge in [-0.25, -0.2) is 13.2 Å². The number of sulfonamides is 1. The van der Waals surface area contributed by atoms with Crippen molar-refractivity contribution in [2.75, 3.05) is 13.1 Å². The molecule has 0 bridgehead atoms. The first kappa shape index (κ1) is 19.3. The predicted octanol–water partition coefficient (Wildman–Crippen LogP) is 0.708.